The van der Waals surface area contributed by atoms with Crippen molar-refractivity contribution in [1.82, 2.24) is 14.8 Å². The molecule has 2 rings (SSSR count). The molecule has 2 aromatic heterocycles. The summed E-state index contributed by atoms with van der Waals surface area (Å²) >= 11 is 0. The number of fused-ring (bicyclic) bond motifs is 1. The lowest BCUT2D eigenvalue weighted by Crippen LogP contribution is -2.10. The first kappa shape index (κ1) is 9.96. The van der Waals surface area contributed by atoms with E-state index in [0.29, 0.717) is 0 Å². The number of hydrogen-bond acceptors (Lipinski definition) is 3. The van der Waals surface area contributed by atoms with Crippen LogP contribution in [0.15, 0.2) is 6.07 Å². The molecule has 0 aliphatic carbocycles. The summed E-state index contributed by atoms with van der Waals surface area (Å²) in [5.74, 6) is 0. The van der Waals surface area contributed by atoms with Gasteiger partial charge < -0.3 is 4.90 Å². The zero-order valence-corrected chi connectivity index (χ0v) is 9.87. The van der Waals surface area contributed by atoms with Crippen molar-refractivity contribution in [2.75, 3.05) is 19.0 Å². The molecular formula is C11H16N4. The number of anilines is 1. The molecular weight excluding hydrogens is 188 g/mol. The van der Waals surface area contributed by atoms with Gasteiger partial charge in [-0.05, 0) is 19.9 Å². The first-order chi connectivity index (χ1) is 7.00. The molecule has 0 aliphatic rings. The molecule has 0 aliphatic heterocycles. The fraction of sp³-hybridized carbons (Fsp3) is 0.455. The summed E-state index contributed by atoms with van der Waals surface area (Å²) in [6.07, 6.45) is 0. The monoisotopic (exact) mass is 204 g/mol. The molecule has 4 nitrogen and oxygen atoms in total. The van der Waals surface area contributed by atoms with Gasteiger partial charge in [0.15, 0.2) is 5.65 Å². The second-order valence-corrected chi connectivity index (χ2v) is 4.08. The van der Waals surface area contributed by atoms with E-state index in [1.54, 1.807) is 0 Å². The standard InChI is InChI=1S/C11H16N4/c1-7-6-9(14(3)4)10-8(2)13-15(5)11(10)12-7/h6H,1-5H3. The van der Waals surface area contributed by atoms with Crippen molar-refractivity contribution in [2.45, 2.75) is 13.8 Å². The highest BCUT2D eigenvalue weighted by Crippen LogP contribution is 2.27. The average molecular weight is 204 g/mol. The summed E-state index contributed by atoms with van der Waals surface area (Å²) in [6, 6.07) is 2.09. The second-order valence-electron chi connectivity index (χ2n) is 4.08. The van der Waals surface area contributed by atoms with Crippen molar-refractivity contribution in [2.24, 2.45) is 7.05 Å². The minimum absolute atomic E-state index is 0.955. The molecule has 2 aromatic rings. The van der Waals surface area contributed by atoms with Crippen LogP contribution in [0.5, 0.6) is 0 Å². The van der Waals surface area contributed by atoms with E-state index in [0.717, 1.165) is 22.4 Å². The van der Waals surface area contributed by atoms with Gasteiger partial charge in [-0.25, -0.2) is 4.98 Å². The van der Waals surface area contributed by atoms with Crippen molar-refractivity contribution in [1.29, 1.82) is 0 Å². The zero-order chi connectivity index (χ0) is 11.2. The lowest BCUT2D eigenvalue weighted by Gasteiger charge is -2.14. The maximum Gasteiger partial charge on any atom is 0.160 e. The van der Waals surface area contributed by atoms with E-state index in [9.17, 15) is 0 Å². The molecule has 80 valence electrons. The number of rotatable bonds is 1. The van der Waals surface area contributed by atoms with Crippen molar-refractivity contribution in [3.63, 3.8) is 0 Å². The van der Waals surface area contributed by atoms with E-state index >= 15 is 0 Å². The Morgan fingerprint density at radius 3 is 2.53 bits per heavy atom. The number of pyridine rings is 1. The maximum atomic E-state index is 4.51. The van der Waals surface area contributed by atoms with E-state index in [2.05, 4.69) is 21.0 Å². The highest BCUT2D eigenvalue weighted by Gasteiger charge is 2.12. The van der Waals surface area contributed by atoms with Gasteiger partial charge in [-0.2, -0.15) is 5.10 Å². The summed E-state index contributed by atoms with van der Waals surface area (Å²) < 4.78 is 1.84. The Bertz CT molecular complexity index is 511. The summed E-state index contributed by atoms with van der Waals surface area (Å²) in [5, 5.41) is 5.55. The molecule has 0 aromatic carbocycles. The van der Waals surface area contributed by atoms with Gasteiger partial charge in [0.05, 0.1) is 16.8 Å². The van der Waals surface area contributed by atoms with Crippen LogP contribution in [0.3, 0.4) is 0 Å². The third-order valence-corrected chi connectivity index (χ3v) is 2.56. The third-order valence-electron chi connectivity index (χ3n) is 2.56. The summed E-state index contributed by atoms with van der Waals surface area (Å²) in [5.41, 5.74) is 4.19. The summed E-state index contributed by atoms with van der Waals surface area (Å²) in [6.45, 7) is 4.03. The van der Waals surface area contributed by atoms with E-state index in [1.165, 1.54) is 5.69 Å². The normalized spacial score (nSPS) is 11.0. The minimum atomic E-state index is 0.955. The quantitative estimate of drug-likeness (QED) is 0.708. The first-order valence-electron chi connectivity index (χ1n) is 4.99. The van der Waals surface area contributed by atoms with Crippen LogP contribution in [0.25, 0.3) is 11.0 Å². The van der Waals surface area contributed by atoms with Gasteiger partial charge in [-0.1, -0.05) is 0 Å². The van der Waals surface area contributed by atoms with Crippen LogP contribution in [0.1, 0.15) is 11.4 Å². The number of nitrogens with zero attached hydrogens (tertiary/aromatic N) is 4. The van der Waals surface area contributed by atoms with E-state index in [4.69, 9.17) is 0 Å². The van der Waals surface area contributed by atoms with E-state index in [1.807, 2.05) is 39.7 Å². The molecule has 0 saturated carbocycles. The fourth-order valence-corrected chi connectivity index (χ4v) is 1.90. The average Bonchev–Trinajstić information content (AvgIpc) is 2.41. The highest BCUT2D eigenvalue weighted by molar-refractivity contribution is 5.92. The maximum absolute atomic E-state index is 4.51. The minimum Gasteiger partial charge on any atom is -0.377 e. The zero-order valence-electron chi connectivity index (χ0n) is 9.87. The lowest BCUT2D eigenvalue weighted by molar-refractivity contribution is 0.772. The van der Waals surface area contributed by atoms with Crippen LogP contribution in [-0.4, -0.2) is 28.9 Å². The van der Waals surface area contributed by atoms with Crippen LogP contribution in [0.4, 0.5) is 5.69 Å². The van der Waals surface area contributed by atoms with Crippen molar-refractivity contribution in [3.05, 3.63) is 17.5 Å². The van der Waals surface area contributed by atoms with Gasteiger partial charge in [0.25, 0.3) is 0 Å². The topological polar surface area (TPSA) is 34.0 Å². The Balaban J connectivity index is 2.89. The number of aromatic nitrogens is 3. The van der Waals surface area contributed by atoms with Crippen LogP contribution < -0.4 is 4.90 Å². The molecule has 0 fully saturated rings. The van der Waals surface area contributed by atoms with Gasteiger partial charge in [0.2, 0.25) is 0 Å². The molecule has 0 amide bonds. The largest absolute Gasteiger partial charge is 0.377 e. The number of aryl methyl sites for hydroxylation is 3. The molecule has 0 atom stereocenters. The van der Waals surface area contributed by atoms with Crippen LogP contribution in [0, 0.1) is 13.8 Å². The van der Waals surface area contributed by atoms with Gasteiger partial charge >= 0.3 is 0 Å². The molecule has 0 radical (unpaired) electrons. The molecule has 0 spiro atoms. The predicted octanol–water partition coefficient (Wildman–Crippen LogP) is 1.65. The SMILES string of the molecule is Cc1cc(N(C)C)c2c(C)nn(C)c2n1. The van der Waals surface area contributed by atoms with Crippen molar-refractivity contribution in [3.8, 4) is 0 Å². The molecule has 2 heterocycles. The molecule has 0 bridgehead atoms. The highest BCUT2D eigenvalue weighted by atomic mass is 15.3. The van der Waals surface area contributed by atoms with Gasteiger partial charge in [-0.15, -0.1) is 0 Å². The lowest BCUT2D eigenvalue weighted by atomic mass is 10.2. The Morgan fingerprint density at radius 1 is 1.27 bits per heavy atom. The predicted molar refractivity (Wildman–Crippen MR) is 62.3 cm³/mol. The molecule has 15 heavy (non-hydrogen) atoms. The molecule has 4 heteroatoms. The number of hydrogen-bond donors (Lipinski definition) is 0. The van der Waals surface area contributed by atoms with Crippen LogP contribution in [-0.2, 0) is 7.05 Å². The Hall–Kier alpha value is -1.58. The van der Waals surface area contributed by atoms with Crippen molar-refractivity contribution < 1.29 is 0 Å². The fourth-order valence-electron chi connectivity index (χ4n) is 1.90. The van der Waals surface area contributed by atoms with E-state index in [-0.39, 0.29) is 0 Å². The summed E-state index contributed by atoms with van der Waals surface area (Å²) in [7, 11) is 6.02. The summed E-state index contributed by atoms with van der Waals surface area (Å²) in [4.78, 5) is 6.62. The Morgan fingerprint density at radius 2 is 1.93 bits per heavy atom. The Kier molecular flexibility index (Phi) is 2.14. The molecule has 0 saturated heterocycles. The van der Waals surface area contributed by atoms with Gasteiger partial charge in [0.1, 0.15) is 0 Å². The van der Waals surface area contributed by atoms with E-state index < -0.39 is 0 Å². The van der Waals surface area contributed by atoms with Gasteiger partial charge in [0, 0.05) is 26.8 Å². The third kappa shape index (κ3) is 1.46. The molecule has 0 N–H and O–H groups in total. The van der Waals surface area contributed by atoms with Gasteiger partial charge in [-0.3, -0.25) is 4.68 Å². The van der Waals surface area contributed by atoms with Crippen LogP contribution >= 0.6 is 0 Å². The van der Waals surface area contributed by atoms with Crippen molar-refractivity contribution >= 4 is 16.7 Å². The van der Waals surface area contributed by atoms with Crippen LogP contribution in [0.2, 0.25) is 0 Å². The first-order valence-corrected chi connectivity index (χ1v) is 4.99. The Labute approximate surface area is 89.5 Å². The smallest absolute Gasteiger partial charge is 0.160 e. The second kappa shape index (κ2) is 3.22. The molecule has 0 unspecified atom stereocenters.